The van der Waals surface area contributed by atoms with Crippen LogP contribution in [0.25, 0.3) is 0 Å². The maximum absolute atomic E-state index is 12.2. The zero-order valence-corrected chi connectivity index (χ0v) is 13.3. The summed E-state index contributed by atoms with van der Waals surface area (Å²) in [6.07, 6.45) is 2.44. The summed E-state index contributed by atoms with van der Waals surface area (Å²) in [7, 11) is -2.03. The van der Waals surface area contributed by atoms with Gasteiger partial charge < -0.3 is 10.5 Å². The van der Waals surface area contributed by atoms with Gasteiger partial charge in [0.15, 0.2) is 0 Å². The van der Waals surface area contributed by atoms with E-state index in [0.29, 0.717) is 24.0 Å². The van der Waals surface area contributed by atoms with Crippen LogP contribution in [0.1, 0.15) is 19.8 Å². The Balaban J connectivity index is 1.96. The van der Waals surface area contributed by atoms with Crippen LogP contribution >= 0.6 is 0 Å². The molecular formula is C14H23N3O3S. The van der Waals surface area contributed by atoms with Gasteiger partial charge in [0.2, 0.25) is 10.0 Å². The van der Waals surface area contributed by atoms with Crippen molar-refractivity contribution in [2.75, 3.05) is 32.5 Å². The third kappa shape index (κ3) is 4.09. The minimum atomic E-state index is -3.53. The van der Waals surface area contributed by atoms with Gasteiger partial charge in [-0.05, 0) is 37.6 Å². The minimum absolute atomic E-state index is 0.162. The number of ether oxygens (including phenoxy) is 1. The number of benzene rings is 1. The van der Waals surface area contributed by atoms with Gasteiger partial charge in [-0.3, -0.25) is 4.90 Å². The molecule has 0 spiro atoms. The van der Waals surface area contributed by atoms with Crippen LogP contribution < -0.4 is 15.2 Å². The van der Waals surface area contributed by atoms with Crippen molar-refractivity contribution in [3.8, 4) is 5.75 Å². The lowest BCUT2D eigenvalue weighted by Crippen LogP contribution is -2.36. The largest absolute Gasteiger partial charge is 0.495 e. The van der Waals surface area contributed by atoms with E-state index in [9.17, 15) is 8.42 Å². The molecule has 21 heavy (non-hydrogen) atoms. The number of nitrogen functional groups attached to an aromatic ring is 1. The molecule has 0 saturated heterocycles. The Morgan fingerprint density at radius 3 is 2.67 bits per heavy atom. The molecular weight excluding hydrogens is 290 g/mol. The first-order chi connectivity index (χ1) is 9.97. The highest BCUT2D eigenvalue weighted by Gasteiger charge is 2.27. The Bertz CT molecular complexity index is 585. The summed E-state index contributed by atoms with van der Waals surface area (Å²) >= 11 is 0. The second-order valence-corrected chi connectivity index (χ2v) is 6.93. The first-order valence-corrected chi connectivity index (χ1v) is 8.63. The molecule has 3 N–H and O–H groups in total. The highest BCUT2D eigenvalue weighted by Crippen LogP contribution is 2.26. The van der Waals surface area contributed by atoms with E-state index in [1.54, 1.807) is 6.07 Å². The number of anilines is 1. The summed E-state index contributed by atoms with van der Waals surface area (Å²) in [6.45, 7) is 4.17. The second kappa shape index (κ2) is 6.64. The smallest absolute Gasteiger partial charge is 0.240 e. The van der Waals surface area contributed by atoms with Gasteiger partial charge in [-0.15, -0.1) is 0 Å². The van der Waals surface area contributed by atoms with Crippen LogP contribution in [0.2, 0.25) is 0 Å². The lowest BCUT2D eigenvalue weighted by atomic mass is 10.3. The number of likely N-dealkylation sites (N-methyl/N-ethyl adjacent to an activating group) is 1. The lowest BCUT2D eigenvalue weighted by molar-refractivity contribution is 0.282. The van der Waals surface area contributed by atoms with Crippen molar-refractivity contribution in [2.45, 2.75) is 30.7 Å². The molecule has 1 aliphatic rings. The predicted molar refractivity (Wildman–Crippen MR) is 82.9 cm³/mol. The molecule has 1 saturated carbocycles. The fourth-order valence-electron chi connectivity index (χ4n) is 2.33. The zero-order valence-electron chi connectivity index (χ0n) is 12.5. The third-order valence-electron chi connectivity index (χ3n) is 3.67. The van der Waals surface area contributed by atoms with Crippen LogP contribution in [0.5, 0.6) is 5.75 Å². The minimum Gasteiger partial charge on any atom is -0.495 e. The van der Waals surface area contributed by atoms with E-state index in [0.717, 1.165) is 13.1 Å². The van der Waals surface area contributed by atoms with E-state index in [-0.39, 0.29) is 4.90 Å². The molecule has 0 bridgehead atoms. The Morgan fingerprint density at radius 1 is 1.43 bits per heavy atom. The molecule has 6 nitrogen and oxygen atoms in total. The van der Waals surface area contributed by atoms with E-state index in [1.807, 2.05) is 0 Å². The van der Waals surface area contributed by atoms with E-state index in [4.69, 9.17) is 10.5 Å². The second-order valence-electron chi connectivity index (χ2n) is 5.16. The average Bonchev–Trinajstić information content (AvgIpc) is 3.28. The summed E-state index contributed by atoms with van der Waals surface area (Å²) in [5.41, 5.74) is 6.06. The Morgan fingerprint density at radius 2 is 2.14 bits per heavy atom. The molecule has 1 aromatic rings. The number of nitrogens with zero attached hydrogens (tertiary/aromatic N) is 1. The Hall–Kier alpha value is -1.31. The average molecular weight is 313 g/mol. The first-order valence-electron chi connectivity index (χ1n) is 7.15. The summed E-state index contributed by atoms with van der Waals surface area (Å²) in [4.78, 5) is 2.46. The summed E-state index contributed by atoms with van der Waals surface area (Å²) in [5.74, 6) is 0.472. The maximum Gasteiger partial charge on any atom is 0.240 e. The van der Waals surface area contributed by atoms with Crippen LogP contribution in [-0.4, -0.2) is 46.1 Å². The number of nitrogens with two attached hydrogens (primary N) is 1. The Labute approximate surface area is 126 Å². The normalized spacial score (nSPS) is 15.4. The third-order valence-corrected chi connectivity index (χ3v) is 5.13. The van der Waals surface area contributed by atoms with Gasteiger partial charge in [-0.2, -0.15) is 0 Å². The number of rotatable bonds is 8. The van der Waals surface area contributed by atoms with E-state index in [2.05, 4.69) is 16.5 Å². The molecule has 2 rings (SSSR count). The zero-order chi connectivity index (χ0) is 15.5. The SMILES string of the molecule is CCN(CCNS(=O)(=O)c1ccc(OC)c(N)c1)C1CC1. The van der Waals surface area contributed by atoms with Gasteiger partial charge in [-0.25, -0.2) is 13.1 Å². The van der Waals surface area contributed by atoms with E-state index in [1.165, 1.54) is 32.1 Å². The molecule has 0 aromatic heterocycles. The van der Waals surface area contributed by atoms with Crippen molar-refractivity contribution in [1.82, 2.24) is 9.62 Å². The monoisotopic (exact) mass is 313 g/mol. The maximum atomic E-state index is 12.2. The fourth-order valence-corrected chi connectivity index (χ4v) is 3.38. The standard InChI is InChI=1S/C14H23N3O3S/c1-3-17(11-4-5-11)9-8-16-21(18,19)12-6-7-14(20-2)13(15)10-12/h6-7,10-11,16H,3-5,8-9,15H2,1-2H3. The number of nitrogens with one attached hydrogen (secondary N) is 1. The van der Waals surface area contributed by atoms with Crippen LogP contribution in [0.15, 0.2) is 23.1 Å². The number of hydrogen-bond donors (Lipinski definition) is 2. The highest BCUT2D eigenvalue weighted by atomic mass is 32.2. The van der Waals surface area contributed by atoms with Gasteiger partial charge in [-0.1, -0.05) is 6.92 Å². The summed E-state index contributed by atoms with van der Waals surface area (Å²) in [5, 5.41) is 0. The van der Waals surface area contributed by atoms with Gasteiger partial charge in [0.05, 0.1) is 17.7 Å². The van der Waals surface area contributed by atoms with Crippen LogP contribution in [0.3, 0.4) is 0 Å². The van der Waals surface area contributed by atoms with Crippen LogP contribution in [-0.2, 0) is 10.0 Å². The van der Waals surface area contributed by atoms with Crippen molar-refractivity contribution in [2.24, 2.45) is 0 Å². The molecule has 0 unspecified atom stereocenters. The predicted octanol–water partition coefficient (Wildman–Crippen LogP) is 1.04. The molecule has 0 amide bonds. The molecule has 0 aliphatic heterocycles. The van der Waals surface area contributed by atoms with Crippen molar-refractivity contribution in [3.63, 3.8) is 0 Å². The van der Waals surface area contributed by atoms with Crippen LogP contribution in [0, 0.1) is 0 Å². The van der Waals surface area contributed by atoms with Crippen molar-refractivity contribution >= 4 is 15.7 Å². The van der Waals surface area contributed by atoms with Crippen molar-refractivity contribution in [1.29, 1.82) is 0 Å². The Kier molecular flexibility index (Phi) is 5.08. The molecule has 118 valence electrons. The molecule has 1 aliphatic carbocycles. The highest BCUT2D eigenvalue weighted by molar-refractivity contribution is 7.89. The summed E-state index contributed by atoms with van der Waals surface area (Å²) in [6, 6.07) is 5.11. The van der Waals surface area contributed by atoms with Gasteiger partial charge in [0, 0.05) is 19.1 Å². The molecule has 0 radical (unpaired) electrons. The van der Waals surface area contributed by atoms with Crippen LogP contribution in [0.4, 0.5) is 5.69 Å². The van der Waals surface area contributed by atoms with Gasteiger partial charge >= 0.3 is 0 Å². The van der Waals surface area contributed by atoms with Gasteiger partial charge in [0.1, 0.15) is 5.75 Å². The molecule has 7 heteroatoms. The fraction of sp³-hybridized carbons (Fsp3) is 0.571. The van der Waals surface area contributed by atoms with E-state index >= 15 is 0 Å². The van der Waals surface area contributed by atoms with Crippen molar-refractivity contribution < 1.29 is 13.2 Å². The molecule has 0 atom stereocenters. The number of sulfonamides is 1. The molecule has 1 fully saturated rings. The quantitative estimate of drug-likeness (QED) is 0.701. The first kappa shape index (κ1) is 16.1. The topological polar surface area (TPSA) is 84.7 Å². The number of methoxy groups -OCH3 is 1. The van der Waals surface area contributed by atoms with Crippen molar-refractivity contribution in [3.05, 3.63) is 18.2 Å². The summed E-state index contributed by atoms with van der Waals surface area (Å²) < 4.78 is 32.1. The van der Waals surface area contributed by atoms with Gasteiger partial charge in [0.25, 0.3) is 0 Å². The lowest BCUT2D eigenvalue weighted by Gasteiger charge is -2.19. The molecule has 1 aromatic carbocycles. The molecule has 0 heterocycles. The van der Waals surface area contributed by atoms with E-state index < -0.39 is 10.0 Å². The number of hydrogen-bond acceptors (Lipinski definition) is 5.